The maximum Gasteiger partial charge on any atom is 0.0249 e. The molecule has 0 aromatic heterocycles. The van der Waals surface area contributed by atoms with Crippen molar-refractivity contribution >= 4 is 10.8 Å². The summed E-state index contributed by atoms with van der Waals surface area (Å²) in [7, 11) is 3.71. The van der Waals surface area contributed by atoms with E-state index < -0.39 is 10.8 Å². The summed E-state index contributed by atoms with van der Waals surface area (Å²) < 4.78 is 11.1. The third-order valence-electron chi connectivity index (χ3n) is 2.85. The van der Waals surface area contributed by atoms with Gasteiger partial charge in [0, 0.05) is 28.3 Å². The molecule has 0 amide bonds. The number of hydrogen-bond acceptors (Lipinski definition) is 3. The van der Waals surface area contributed by atoms with Crippen molar-refractivity contribution < 1.29 is 4.21 Å². The lowest BCUT2D eigenvalue weighted by atomic mass is 10.1. The molecule has 0 aliphatic carbocycles. The van der Waals surface area contributed by atoms with Crippen molar-refractivity contribution in [1.29, 1.82) is 0 Å². The van der Waals surface area contributed by atoms with Gasteiger partial charge in [-0.15, -0.1) is 0 Å². The van der Waals surface area contributed by atoms with Crippen LogP contribution in [0, 0.1) is 0 Å². The van der Waals surface area contributed by atoms with Crippen LogP contribution in [0.5, 0.6) is 0 Å². The van der Waals surface area contributed by atoms with E-state index in [0.29, 0.717) is 6.04 Å². The number of hydrogen-bond donors (Lipinski definition) is 1. The summed E-state index contributed by atoms with van der Waals surface area (Å²) in [6.45, 7) is 2.29. The first-order chi connectivity index (χ1) is 7.18. The monoisotopic (exact) mass is 232 g/mol. The fraction of sp³-hybridized carbons (Fsp3) is 1.00. The molecule has 90 valence electrons. The minimum Gasteiger partial charge on any atom is -0.314 e. The Morgan fingerprint density at radius 1 is 1.27 bits per heavy atom. The molecule has 0 aromatic rings. The molecule has 0 radical (unpaired) electrons. The minimum atomic E-state index is -0.523. The number of unbranched alkanes of at least 4 members (excludes halogenated alkanes) is 1. The van der Waals surface area contributed by atoms with Gasteiger partial charge in [0.1, 0.15) is 0 Å². The van der Waals surface area contributed by atoms with Crippen molar-refractivity contribution in [3.05, 3.63) is 0 Å². The molecule has 4 heteroatoms. The van der Waals surface area contributed by atoms with Crippen molar-refractivity contribution in [3.8, 4) is 0 Å². The van der Waals surface area contributed by atoms with Gasteiger partial charge in [-0.3, -0.25) is 4.21 Å². The molecule has 1 aliphatic rings. The van der Waals surface area contributed by atoms with E-state index in [1.54, 1.807) is 0 Å². The van der Waals surface area contributed by atoms with Crippen LogP contribution in [-0.2, 0) is 10.8 Å². The molecule has 1 heterocycles. The van der Waals surface area contributed by atoms with Gasteiger partial charge in [-0.25, -0.2) is 0 Å². The Morgan fingerprint density at radius 2 is 1.93 bits per heavy atom. The smallest absolute Gasteiger partial charge is 0.0249 e. The highest BCUT2D eigenvalue weighted by Crippen LogP contribution is 2.08. The molecule has 1 rings (SSSR count). The van der Waals surface area contributed by atoms with Crippen molar-refractivity contribution in [2.45, 2.75) is 31.7 Å². The molecule has 1 aliphatic heterocycles. The number of nitrogens with zero attached hydrogens (tertiary/aromatic N) is 1. The molecule has 0 saturated carbocycles. The highest BCUT2D eigenvalue weighted by molar-refractivity contribution is 7.85. The molecule has 0 aromatic carbocycles. The third kappa shape index (κ3) is 6.28. The Balaban J connectivity index is 1.94. The van der Waals surface area contributed by atoms with Crippen LogP contribution in [0.1, 0.15) is 25.7 Å². The van der Waals surface area contributed by atoms with Crippen LogP contribution in [0.4, 0.5) is 0 Å². The predicted molar refractivity (Wildman–Crippen MR) is 66.7 cm³/mol. The van der Waals surface area contributed by atoms with Crippen LogP contribution in [0.3, 0.4) is 0 Å². The van der Waals surface area contributed by atoms with E-state index in [1.165, 1.54) is 19.4 Å². The van der Waals surface area contributed by atoms with Gasteiger partial charge in [0.2, 0.25) is 0 Å². The molecule has 1 N–H and O–H groups in total. The van der Waals surface area contributed by atoms with Gasteiger partial charge in [-0.05, 0) is 52.9 Å². The lowest BCUT2D eigenvalue weighted by molar-refractivity contribution is 0.384. The average molecular weight is 232 g/mol. The van der Waals surface area contributed by atoms with Crippen LogP contribution >= 0.6 is 0 Å². The summed E-state index contributed by atoms with van der Waals surface area (Å²) in [5.41, 5.74) is 0. The summed E-state index contributed by atoms with van der Waals surface area (Å²) in [4.78, 5) is 2.23. The molecule has 0 atom stereocenters. The zero-order valence-corrected chi connectivity index (χ0v) is 10.8. The first kappa shape index (κ1) is 13.1. The normalized spacial score (nSPS) is 27.1. The van der Waals surface area contributed by atoms with Gasteiger partial charge in [-0.2, -0.15) is 0 Å². The second-order valence-electron chi connectivity index (χ2n) is 4.59. The van der Waals surface area contributed by atoms with Gasteiger partial charge in [0.25, 0.3) is 0 Å². The van der Waals surface area contributed by atoms with Crippen LogP contribution in [0.15, 0.2) is 0 Å². The standard InChI is InChI=1S/C11H24N2OS/c1-13(2)8-4-3-7-12-11-5-9-15(14)10-6-11/h11-12H,3-10H2,1-2H3. The quantitative estimate of drug-likeness (QED) is 0.689. The van der Waals surface area contributed by atoms with Crippen molar-refractivity contribution in [2.75, 3.05) is 38.7 Å². The van der Waals surface area contributed by atoms with E-state index in [4.69, 9.17) is 0 Å². The molecule has 3 nitrogen and oxygen atoms in total. The van der Waals surface area contributed by atoms with Crippen LogP contribution < -0.4 is 5.32 Å². The third-order valence-corrected chi connectivity index (χ3v) is 4.24. The summed E-state index contributed by atoms with van der Waals surface area (Å²) in [5, 5.41) is 3.56. The second kappa shape index (κ2) is 7.36. The molecule has 1 saturated heterocycles. The maximum atomic E-state index is 11.1. The molecular formula is C11H24N2OS. The lowest BCUT2D eigenvalue weighted by Gasteiger charge is -2.22. The number of nitrogens with one attached hydrogen (secondary N) is 1. The highest BCUT2D eigenvalue weighted by atomic mass is 32.2. The van der Waals surface area contributed by atoms with Gasteiger partial charge in [-0.1, -0.05) is 0 Å². The van der Waals surface area contributed by atoms with E-state index >= 15 is 0 Å². The van der Waals surface area contributed by atoms with Gasteiger partial charge < -0.3 is 10.2 Å². The summed E-state index contributed by atoms with van der Waals surface area (Å²) in [6, 6.07) is 0.627. The van der Waals surface area contributed by atoms with Crippen LogP contribution in [0.25, 0.3) is 0 Å². The topological polar surface area (TPSA) is 32.3 Å². The van der Waals surface area contributed by atoms with E-state index in [0.717, 1.165) is 30.9 Å². The predicted octanol–water partition coefficient (Wildman–Crippen LogP) is 0.829. The van der Waals surface area contributed by atoms with Crippen molar-refractivity contribution in [1.82, 2.24) is 10.2 Å². The summed E-state index contributed by atoms with van der Waals surface area (Å²) in [6.07, 6.45) is 4.71. The van der Waals surface area contributed by atoms with E-state index in [1.807, 2.05) is 0 Å². The van der Waals surface area contributed by atoms with E-state index in [2.05, 4.69) is 24.3 Å². The first-order valence-corrected chi connectivity index (χ1v) is 7.40. The molecule has 1 fully saturated rings. The van der Waals surface area contributed by atoms with Gasteiger partial charge in [0.05, 0.1) is 0 Å². The molecule has 0 spiro atoms. The zero-order chi connectivity index (χ0) is 11.1. The Morgan fingerprint density at radius 3 is 2.53 bits per heavy atom. The first-order valence-electron chi connectivity index (χ1n) is 5.91. The van der Waals surface area contributed by atoms with Crippen LogP contribution in [-0.4, -0.2) is 53.8 Å². The number of rotatable bonds is 6. The average Bonchev–Trinajstić information content (AvgIpc) is 2.20. The largest absolute Gasteiger partial charge is 0.314 e. The SMILES string of the molecule is CN(C)CCCCNC1CCS(=O)CC1. The maximum absolute atomic E-state index is 11.1. The molecule has 0 bridgehead atoms. The fourth-order valence-corrected chi connectivity index (χ4v) is 3.16. The fourth-order valence-electron chi connectivity index (χ4n) is 1.86. The summed E-state index contributed by atoms with van der Waals surface area (Å²) in [5.74, 6) is 1.80. The molecular weight excluding hydrogens is 208 g/mol. The van der Waals surface area contributed by atoms with Crippen molar-refractivity contribution in [3.63, 3.8) is 0 Å². The molecule has 0 unspecified atom stereocenters. The Labute approximate surface area is 96.1 Å². The zero-order valence-electron chi connectivity index (χ0n) is 10.00. The minimum absolute atomic E-state index is 0.523. The lowest BCUT2D eigenvalue weighted by Crippen LogP contribution is -2.36. The Kier molecular flexibility index (Phi) is 6.45. The van der Waals surface area contributed by atoms with Crippen molar-refractivity contribution in [2.24, 2.45) is 0 Å². The van der Waals surface area contributed by atoms with E-state index in [-0.39, 0.29) is 0 Å². The van der Waals surface area contributed by atoms with Crippen LogP contribution in [0.2, 0.25) is 0 Å². The Bertz CT molecular complexity index is 187. The molecule has 15 heavy (non-hydrogen) atoms. The van der Waals surface area contributed by atoms with Gasteiger partial charge in [0.15, 0.2) is 0 Å². The summed E-state index contributed by atoms with van der Waals surface area (Å²) >= 11 is 0. The van der Waals surface area contributed by atoms with Gasteiger partial charge >= 0.3 is 0 Å². The second-order valence-corrected chi connectivity index (χ2v) is 6.28. The highest BCUT2D eigenvalue weighted by Gasteiger charge is 2.16. The Hall–Kier alpha value is 0.0700. The van der Waals surface area contributed by atoms with E-state index in [9.17, 15) is 4.21 Å².